The summed E-state index contributed by atoms with van der Waals surface area (Å²) in [6.45, 7) is 6.77. The van der Waals surface area contributed by atoms with Gasteiger partial charge in [0.15, 0.2) is 0 Å². The summed E-state index contributed by atoms with van der Waals surface area (Å²) in [6.07, 6.45) is 0.418. The molecule has 0 aliphatic rings. The number of nitrogens with two attached hydrogens (primary N) is 1. The first kappa shape index (κ1) is 13.7. The van der Waals surface area contributed by atoms with E-state index in [0.717, 1.165) is 0 Å². The number of carbonyl (C=O) groups is 2. The second kappa shape index (κ2) is 7.05. The largest absolute Gasteiger partial charge is 0.323 e. The van der Waals surface area contributed by atoms with E-state index in [1.54, 1.807) is 6.92 Å². The predicted molar refractivity (Wildman–Crippen MR) is 62.1 cm³/mol. The second-order valence-corrected chi connectivity index (χ2v) is 4.21. The summed E-state index contributed by atoms with van der Waals surface area (Å²) < 4.78 is 0. The van der Waals surface area contributed by atoms with Gasteiger partial charge in [-0.2, -0.15) is 5.10 Å². The lowest BCUT2D eigenvalue weighted by Crippen LogP contribution is -2.21. The fourth-order valence-electron chi connectivity index (χ4n) is 0.738. The molecule has 0 bridgehead atoms. The normalized spacial score (nSPS) is 10.9. The van der Waals surface area contributed by atoms with E-state index in [1.165, 1.54) is 18.7 Å². The van der Waals surface area contributed by atoms with E-state index in [9.17, 15) is 9.59 Å². The molecule has 0 heterocycles. The average Bonchev–Trinajstić information content (AvgIpc) is 2.14. The van der Waals surface area contributed by atoms with Gasteiger partial charge in [-0.25, -0.2) is 0 Å². The molecule has 0 atom stereocenters. The molecule has 5 nitrogen and oxygen atoms in total. The summed E-state index contributed by atoms with van der Waals surface area (Å²) in [5.41, 5.74) is 0. The van der Waals surface area contributed by atoms with Crippen molar-refractivity contribution in [3.63, 3.8) is 0 Å². The molecule has 0 aromatic rings. The van der Waals surface area contributed by atoms with Gasteiger partial charge in [0, 0.05) is 12.8 Å². The van der Waals surface area contributed by atoms with Crippen LogP contribution in [0.15, 0.2) is 16.7 Å². The zero-order valence-electron chi connectivity index (χ0n) is 8.87. The molecule has 0 unspecified atom stereocenters. The number of nitrogens with zero attached hydrogens (tertiary/aromatic N) is 1. The molecule has 1 amide bonds. The summed E-state index contributed by atoms with van der Waals surface area (Å²) in [4.78, 5) is 21.8. The minimum Gasteiger partial charge on any atom is -0.323 e. The fraction of sp³-hybridized carbons (Fsp3) is 0.444. The number of nitrogens with one attached hydrogen (secondary N) is 1. The van der Waals surface area contributed by atoms with Crippen molar-refractivity contribution in [3.8, 4) is 0 Å². The van der Waals surface area contributed by atoms with Gasteiger partial charge in [-0.15, -0.1) is 0 Å². The maximum atomic E-state index is 11.2. The van der Waals surface area contributed by atoms with Crippen LogP contribution in [0.2, 0.25) is 0 Å². The zero-order valence-corrected chi connectivity index (χ0v) is 9.69. The monoisotopic (exact) mass is 229 g/mol. The fourth-order valence-corrected chi connectivity index (χ4v) is 1.31. The van der Waals surface area contributed by atoms with Crippen molar-refractivity contribution in [2.24, 2.45) is 10.9 Å². The van der Waals surface area contributed by atoms with Crippen LogP contribution in [0.25, 0.3) is 0 Å². The second-order valence-electron chi connectivity index (χ2n) is 2.92. The zero-order chi connectivity index (χ0) is 11.8. The van der Waals surface area contributed by atoms with Crippen LogP contribution in [0.5, 0.6) is 0 Å². The number of hydrogen-bond donors (Lipinski definition) is 2. The maximum absolute atomic E-state index is 11.2. The molecule has 0 aromatic carbocycles. The average molecular weight is 229 g/mol. The highest BCUT2D eigenvalue weighted by atomic mass is 32.2. The van der Waals surface area contributed by atoms with Gasteiger partial charge in [-0.1, -0.05) is 18.3 Å². The Hall–Kier alpha value is -1.30. The third-order valence-corrected chi connectivity index (χ3v) is 2.18. The third-order valence-electron chi connectivity index (χ3n) is 1.44. The molecule has 15 heavy (non-hydrogen) atoms. The van der Waals surface area contributed by atoms with Crippen LogP contribution in [0.4, 0.5) is 0 Å². The van der Waals surface area contributed by atoms with E-state index in [0.29, 0.717) is 10.1 Å². The molecule has 0 saturated carbocycles. The van der Waals surface area contributed by atoms with Gasteiger partial charge in [0.1, 0.15) is 5.78 Å². The number of ketones is 1. The number of Topliss-reactive ketones (excluding diaryl/α,β-unsaturated/α-hetero) is 1. The van der Waals surface area contributed by atoms with E-state index >= 15 is 0 Å². The van der Waals surface area contributed by atoms with Crippen molar-refractivity contribution in [1.29, 1.82) is 0 Å². The van der Waals surface area contributed by atoms with Gasteiger partial charge in [-0.05, 0) is 13.8 Å². The SMILES string of the molecule is C=C(NC(=O)CCC(C)=O)S/C(C)=N\N. The summed E-state index contributed by atoms with van der Waals surface area (Å²) >= 11 is 1.18. The van der Waals surface area contributed by atoms with Crippen molar-refractivity contribution in [3.05, 3.63) is 11.6 Å². The van der Waals surface area contributed by atoms with Crippen molar-refractivity contribution in [2.45, 2.75) is 26.7 Å². The van der Waals surface area contributed by atoms with Crippen LogP contribution >= 0.6 is 11.8 Å². The Bertz CT molecular complexity index is 300. The highest BCUT2D eigenvalue weighted by molar-refractivity contribution is 8.17. The molecule has 0 rings (SSSR count). The van der Waals surface area contributed by atoms with E-state index in [2.05, 4.69) is 17.0 Å². The van der Waals surface area contributed by atoms with Gasteiger partial charge in [0.25, 0.3) is 0 Å². The maximum Gasteiger partial charge on any atom is 0.225 e. The lowest BCUT2D eigenvalue weighted by atomic mass is 10.2. The van der Waals surface area contributed by atoms with Crippen LogP contribution in [0.3, 0.4) is 0 Å². The van der Waals surface area contributed by atoms with E-state index in [-0.39, 0.29) is 24.5 Å². The molecule has 0 radical (unpaired) electrons. The third kappa shape index (κ3) is 7.75. The first-order valence-electron chi connectivity index (χ1n) is 4.36. The molecule has 0 aliphatic carbocycles. The minimum absolute atomic E-state index is 0.0110. The Morgan fingerprint density at radius 1 is 1.40 bits per heavy atom. The van der Waals surface area contributed by atoms with Crippen LogP contribution in [0.1, 0.15) is 26.7 Å². The highest BCUT2D eigenvalue weighted by Gasteiger charge is 2.06. The van der Waals surface area contributed by atoms with Crippen LogP contribution < -0.4 is 11.2 Å². The van der Waals surface area contributed by atoms with Gasteiger partial charge < -0.3 is 16.0 Å². The van der Waals surface area contributed by atoms with Crippen LogP contribution in [-0.4, -0.2) is 16.7 Å². The van der Waals surface area contributed by atoms with Crippen LogP contribution in [0, 0.1) is 0 Å². The molecular weight excluding hydrogens is 214 g/mol. The van der Waals surface area contributed by atoms with Gasteiger partial charge >= 0.3 is 0 Å². The Kier molecular flexibility index (Phi) is 6.44. The number of thioether (sulfide) groups is 1. The standard InChI is InChI=1S/C9H15N3O2S/c1-6(13)4-5-9(14)11-7(2)15-8(3)12-10/h2,4-5,10H2,1,3H3,(H,11,14)/b12-8-. The van der Waals surface area contributed by atoms with Crippen LogP contribution in [-0.2, 0) is 9.59 Å². The van der Waals surface area contributed by atoms with Gasteiger partial charge in [-0.3, -0.25) is 4.79 Å². The van der Waals surface area contributed by atoms with E-state index in [1.807, 2.05) is 0 Å². The Morgan fingerprint density at radius 3 is 2.47 bits per heavy atom. The Balaban J connectivity index is 3.87. The number of amides is 1. The molecule has 0 aromatic heterocycles. The van der Waals surface area contributed by atoms with Gasteiger partial charge in [0.2, 0.25) is 5.91 Å². The molecular formula is C9H15N3O2S. The number of carbonyl (C=O) groups excluding carboxylic acids is 2. The molecule has 84 valence electrons. The summed E-state index contributed by atoms with van der Waals surface area (Å²) in [6, 6.07) is 0. The first-order chi connectivity index (χ1) is 6.95. The number of hydrogen-bond acceptors (Lipinski definition) is 5. The Morgan fingerprint density at radius 2 is 2.00 bits per heavy atom. The molecule has 0 saturated heterocycles. The van der Waals surface area contributed by atoms with Crippen molar-refractivity contribution < 1.29 is 9.59 Å². The predicted octanol–water partition coefficient (Wildman–Crippen LogP) is 0.968. The molecule has 0 spiro atoms. The summed E-state index contributed by atoms with van der Waals surface area (Å²) in [5.74, 6) is 4.78. The minimum atomic E-state index is -0.229. The van der Waals surface area contributed by atoms with Crippen molar-refractivity contribution >= 4 is 28.5 Å². The highest BCUT2D eigenvalue weighted by Crippen LogP contribution is 2.11. The molecule has 3 N–H and O–H groups in total. The molecule has 0 aliphatic heterocycles. The lowest BCUT2D eigenvalue weighted by molar-refractivity contribution is -0.124. The van der Waals surface area contributed by atoms with Gasteiger partial charge in [0.05, 0.1) is 10.1 Å². The van der Waals surface area contributed by atoms with Crippen molar-refractivity contribution in [2.75, 3.05) is 0 Å². The number of rotatable bonds is 5. The molecule has 0 fully saturated rings. The van der Waals surface area contributed by atoms with E-state index in [4.69, 9.17) is 5.84 Å². The Labute approximate surface area is 93.2 Å². The van der Waals surface area contributed by atoms with E-state index < -0.39 is 0 Å². The first-order valence-corrected chi connectivity index (χ1v) is 5.18. The molecule has 6 heteroatoms. The lowest BCUT2D eigenvalue weighted by Gasteiger charge is -2.06. The topological polar surface area (TPSA) is 84.5 Å². The smallest absolute Gasteiger partial charge is 0.225 e. The summed E-state index contributed by atoms with van der Waals surface area (Å²) in [7, 11) is 0. The number of hydrazone groups is 1. The van der Waals surface area contributed by atoms with Crippen molar-refractivity contribution in [1.82, 2.24) is 5.32 Å². The summed E-state index contributed by atoms with van der Waals surface area (Å²) in [5, 5.41) is 7.02. The quantitative estimate of drug-likeness (QED) is 0.318.